The smallest absolute Gasteiger partial charge is 0.0671 e. The van der Waals surface area contributed by atoms with Gasteiger partial charge < -0.3 is 5.11 Å². The number of para-hydroxylation sites is 1. The van der Waals surface area contributed by atoms with Gasteiger partial charge in [0.05, 0.1) is 17.2 Å². The van der Waals surface area contributed by atoms with Crippen molar-refractivity contribution in [1.29, 1.82) is 0 Å². The first-order valence-electron chi connectivity index (χ1n) is 8.85. The van der Waals surface area contributed by atoms with E-state index < -0.39 is 0 Å². The van der Waals surface area contributed by atoms with E-state index in [1.807, 2.05) is 0 Å². The summed E-state index contributed by atoms with van der Waals surface area (Å²) in [7, 11) is 0. The van der Waals surface area contributed by atoms with Crippen LogP contribution in [0.5, 0.6) is 0 Å². The molecule has 1 aromatic carbocycles. The lowest BCUT2D eigenvalue weighted by atomic mass is 9.59. The number of benzene rings is 1. The first kappa shape index (κ1) is 13.3. The molecule has 3 aliphatic heterocycles. The van der Waals surface area contributed by atoms with Gasteiger partial charge >= 0.3 is 0 Å². The molecule has 5 atom stereocenters. The Hall–Kier alpha value is -1.19. The first-order chi connectivity index (χ1) is 10.8. The Labute approximate surface area is 132 Å². The molecule has 2 saturated heterocycles. The first-order valence-corrected chi connectivity index (χ1v) is 8.85. The van der Waals surface area contributed by atoms with Crippen LogP contribution in [0.1, 0.15) is 38.2 Å². The van der Waals surface area contributed by atoms with Crippen molar-refractivity contribution in [2.75, 3.05) is 13.1 Å². The second kappa shape index (κ2) is 4.42. The van der Waals surface area contributed by atoms with Gasteiger partial charge in [0.2, 0.25) is 0 Å². The molecule has 0 bridgehead atoms. The zero-order valence-corrected chi connectivity index (χ0v) is 13.2. The van der Waals surface area contributed by atoms with Gasteiger partial charge in [0, 0.05) is 24.2 Å². The molecular weight excluding hydrogens is 272 g/mol. The third kappa shape index (κ3) is 1.42. The third-order valence-corrected chi connectivity index (χ3v) is 6.88. The highest BCUT2D eigenvalue weighted by atomic mass is 16.3. The average Bonchev–Trinajstić information content (AvgIpc) is 3.09. The summed E-state index contributed by atoms with van der Waals surface area (Å²) in [5.74, 6) is 0.873. The van der Waals surface area contributed by atoms with Gasteiger partial charge in [-0.05, 0) is 49.8 Å². The van der Waals surface area contributed by atoms with Gasteiger partial charge in [-0.15, -0.1) is 0 Å². The monoisotopic (exact) mass is 296 g/mol. The summed E-state index contributed by atoms with van der Waals surface area (Å²) >= 11 is 0. The Morgan fingerprint density at radius 1 is 1.36 bits per heavy atom. The molecule has 5 rings (SSSR count). The maximum atomic E-state index is 10.9. The molecule has 3 heteroatoms. The van der Waals surface area contributed by atoms with E-state index in [0.717, 1.165) is 32.4 Å². The molecule has 116 valence electrons. The molecule has 1 aliphatic carbocycles. The Morgan fingerprint density at radius 3 is 3.09 bits per heavy atom. The Balaban J connectivity index is 1.66. The van der Waals surface area contributed by atoms with Crippen molar-refractivity contribution in [3.05, 3.63) is 29.8 Å². The van der Waals surface area contributed by atoms with Crippen LogP contribution >= 0.6 is 0 Å². The predicted octanol–water partition coefficient (Wildman–Crippen LogP) is 2.90. The van der Waals surface area contributed by atoms with E-state index in [-0.39, 0.29) is 11.5 Å². The van der Waals surface area contributed by atoms with Gasteiger partial charge in [-0.2, -0.15) is 0 Å². The van der Waals surface area contributed by atoms with Crippen molar-refractivity contribution in [1.82, 2.24) is 4.90 Å². The van der Waals surface area contributed by atoms with E-state index in [1.54, 1.807) is 0 Å². The Kier molecular flexibility index (Phi) is 2.67. The minimum Gasteiger partial charge on any atom is -0.392 e. The van der Waals surface area contributed by atoms with Crippen molar-refractivity contribution in [2.45, 2.75) is 50.2 Å². The lowest BCUT2D eigenvalue weighted by Crippen LogP contribution is -2.62. The van der Waals surface area contributed by atoms with Crippen LogP contribution < -0.4 is 0 Å². The average molecular weight is 296 g/mol. The van der Waals surface area contributed by atoms with Crippen LogP contribution in [0, 0.1) is 11.8 Å². The minimum atomic E-state index is -0.129. The number of aliphatic hydroxyl groups excluding tert-OH is 1. The highest BCUT2D eigenvalue weighted by Gasteiger charge is 2.62. The zero-order valence-electron chi connectivity index (χ0n) is 13.2. The molecule has 3 fully saturated rings. The fraction of sp³-hybridized carbons (Fsp3) is 0.632. The summed E-state index contributed by atoms with van der Waals surface area (Å²) in [4.78, 5) is 7.69. The van der Waals surface area contributed by atoms with Crippen molar-refractivity contribution in [3.8, 4) is 0 Å². The summed E-state index contributed by atoms with van der Waals surface area (Å²) in [6, 6.07) is 9.19. The molecule has 3 nitrogen and oxygen atoms in total. The van der Waals surface area contributed by atoms with Crippen molar-refractivity contribution in [2.24, 2.45) is 16.8 Å². The second-order valence-corrected chi connectivity index (χ2v) is 7.60. The van der Waals surface area contributed by atoms with Crippen LogP contribution in [0.4, 0.5) is 5.69 Å². The van der Waals surface area contributed by atoms with E-state index in [2.05, 4.69) is 36.1 Å². The SMILES string of the molecule is CCC1CN2CCC34C(=Nc5ccccc53)CCC(C1O)C24. The number of nitrogens with zero attached hydrogens (tertiary/aromatic N) is 2. The number of piperidine rings is 1. The standard InChI is InChI=1S/C19H24N2O/c1-2-12-11-21-10-9-19-14-5-3-4-6-15(14)20-16(19)8-7-13(17(12)22)18(19)21/h3-6,12-13,17-18,22H,2,7-11H2,1H3. The van der Waals surface area contributed by atoms with E-state index in [1.165, 1.54) is 23.4 Å². The van der Waals surface area contributed by atoms with Crippen LogP contribution in [0.15, 0.2) is 29.3 Å². The van der Waals surface area contributed by atoms with E-state index >= 15 is 0 Å². The summed E-state index contributed by atoms with van der Waals surface area (Å²) in [5.41, 5.74) is 4.13. The lowest BCUT2D eigenvalue weighted by molar-refractivity contribution is -0.0598. The molecule has 0 aromatic heterocycles. The molecule has 0 radical (unpaired) electrons. The fourth-order valence-corrected chi connectivity index (χ4v) is 5.94. The molecule has 1 aromatic rings. The van der Waals surface area contributed by atoms with E-state index in [9.17, 15) is 5.11 Å². The number of aliphatic imine (C=N–C) groups is 1. The van der Waals surface area contributed by atoms with Gasteiger partial charge in [-0.3, -0.25) is 9.89 Å². The van der Waals surface area contributed by atoms with Gasteiger partial charge in [-0.1, -0.05) is 25.1 Å². The van der Waals surface area contributed by atoms with Crippen LogP contribution in [0.3, 0.4) is 0 Å². The molecule has 5 unspecified atom stereocenters. The van der Waals surface area contributed by atoms with Crippen LogP contribution in [0.2, 0.25) is 0 Å². The number of hydrogen-bond donors (Lipinski definition) is 1. The van der Waals surface area contributed by atoms with Gasteiger partial charge in [0.25, 0.3) is 0 Å². The quantitative estimate of drug-likeness (QED) is 0.865. The number of fused-ring (bicyclic) bond motifs is 1. The normalized spacial score (nSPS) is 42.5. The number of hydrogen-bond acceptors (Lipinski definition) is 3. The largest absolute Gasteiger partial charge is 0.392 e. The maximum absolute atomic E-state index is 10.9. The third-order valence-electron chi connectivity index (χ3n) is 6.88. The van der Waals surface area contributed by atoms with Crippen molar-refractivity contribution >= 4 is 11.4 Å². The topological polar surface area (TPSA) is 35.8 Å². The molecule has 3 heterocycles. The highest BCUT2D eigenvalue weighted by Crippen LogP contribution is 2.58. The maximum Gasteiger partial charge on any atom is 0.0671 e. The van der Waals surface area contributed by atoms with Gasteiger partial charge in [-0.25, -0.2) is 0 Å². The molecule has 4 aliphatic rings. The molecule has 1 N–H and O–H groups in total. The number of aliphatic hydroxyl groups is 1. The van der Waals surface area contributed by atoms with Gasteiger partial charge in [0.1, 0.15) is 0 Å². The fourth-order valence-electron chi connectivity index (χ4n) is 5.94. The second-order valence-electron chi connectivity index (χ2n) is 7.60. The summed E-state index contributed by atoms with van der Waals surface area (Å²) in [6.45, 7) is 4.45. The lowest BCUT2D eigenvalue weighted by Gasteiger charge is -2.52. The van der Waals surface area contributed by atoms with Crippen LogP contribution in [0.25, 0.3) is 0 Å². The number of rotatable bonds is 1. The molecular formula is C19H24N2O. The molecule has 22 heavy (non-hydrogen) atoms. The Morgan fingerprint density at radius 2 is 2.23 bits per heavy atom. The molecule has 1 spiro atoms. The minimum absolute atomic E-state index is 0.110. The summed E-state index contributed by atoms with van der Waals surface area (Å²) < 4.78 is 0. The summed E-state index contributed by atoms with van der Waals surface area (Å²) in [6.07, 6.45) is 4.32. The van der Waals surface area contributed by atoms with Crippen molar-refractivity contribution < 1.29 is 5.11 Å². The van der Waals surface area contributed by atoms with E-state index in [0.29, 0.717) is 17.9 Å². The van der Waals surface area contributed by atoms with E-state index in [4.69, 9.17) is 4.99 Å². The van der Waals surface area contributed by atoms with Crippen LogP contribution in [-0.2, 0) is 5.41 Å². The summed E-state index contributed by atoms with van der Waals surface area (Å²) in [5, 5.41) is 10.9. The molecule has 1 saturated carbocycles. The highest BCUT2D eigenvalue weighted by molar-refractivity contribution is 6.03. The predicted molar refractivity (Wildman–Crippen MR) is 87.7 cm³/mol. The van der Waals surface area contributed by atoms with Crippen molar-refractivity contribution in [3.63, 3.8) is 0 Å². The Bertz CT molecular complexity index is 655. The van der Waals surface area contributed by atoms with Gasteiger partial charge in [0.15, 0.2) is 0 Å². The van der Waals surface area contributed by atoms with Crippen LogP contribution in [-0.4, -0.2) is 41.0 Å². The zero-order chi connectivity index (χ0) is 14.9. The molecule has 0 amide bonds.